The molecule has 0 unspecified atom stereocenters. The molecule has 1 aliphatic carbocycles. The van der Waals surface area contributed by atoms with Gasteiger partial charge in [-0.25, -0.2) is 0 Å². The first-order chi connectivity index (χ1) is 12.5. The molecule has 2 atom stereocenters. The summed E-state index contributed by atoms with van der Waals surface area (Å²) in [6, 6.07) is 0. The number of hydrogen-bond acceptors (Lipinski definition) is 10. The van der Waals surface area contributed by atoms with Gasteiger partial charge in [-0.2, -0.15) is 0 Å². The van der Waals surface area contributed by atoms with Gasteiger partial charge in [0.1, 0.15) is 22.8 Å². The summed E-state index contributed by atoms with van der Waals surface area (Å²) in [5.41, 5.74) is 0.698. The van der Waals surface area contributed by atoms with E-state index in [2.05, 4.69) is 10.6 Å². The zero-order valence-corrected chi connectivity index (χ0v) is 14.3. The Kier molecular flexibility index (Phi) is 5.47. The molecule has 3 rings (SSSR count). The Hall–Kier alpha value is -2.14. The summed E-state index contributed by atoms with van der Waals surface area (Å²) in [7, 11) is 0. The first kappa shape index (κ1) is 18.6. The minimum atomic E-state index is -1.05. The van der Waals surface area contributed by atoms with Gasteiger partial charge in [-0.1, -0.05) is 0 Å². The third kappa shape index (κ3) is 3.83. The van der Waals surface area contributed by atoms with Crippen LogP contribution in [0.15, 0.2) is 22.8 Å². The van der Waals surface area contributed by atoms with E-state index in [1.807, 2.05) is 0 Å². The van der Waals surface area contributed by atoms with Gasteiger partial charge >= 0.3 is 0 Å². The molecular formula is C16H24N4O6. The van der Waals surface area contributed by atoms with Crippen molar-refractivity contribution in [3.05, 3.63) is 22.8 Å². The highest BCUT2D eigenvalue weighted by Crippen LogP contribution is 2.32. The van der Waals surface area contributed by atoms with Crippen molar-refractivity contribution in [1.29, 1.82) is 0 Å². The number of nitrogens with zero attached hydrogens (tertiary/aromatic N) is 2. The minimum absolute atomic E-state index is 0.0541. The highest BCUT2D eigenvalue weighted by atomic mass is 16.3. The monoisotopic (exact) mass is 368 g/mol. The number of hydrogen-bond donors (Lipinski definition) is 6. The summed E-state index contributed by atoms with van der Waals surface area (Å²) in [6.07, 6.45) is -2.09. The largest absolute Gasteiger partial charge is 0.394 e. The van der Waals surface area contributed by atoms with Gasteiger partial charge in [0, 0.05) is 39.3 Å². The van der Waals surface area contributed by atoms with E-state index in [9.17, 15) is 19.8 Å². The van der Waals surface area contributed by atoms with Gasteiger partial charge in [0.2, 0.25) is 11.6 Å². The quantitative estimate of drug-likeness (QED) is 0.167. The summed E-state index contributed by atoms with van der Waals surface area (Å²) in [5.74, 6) is -0.731. The van der Waals surface area contributed by atoms with Crippen molar-refractivity contribution in [3.63, 3.8) is 0 Å². The van der Waals surface area contributed by atoms with Crippen molar-refractivity contribution in [2.45, 2.75) is 12.2 Å². The zero-order valence-electron chi connectivity index (χ0n) is 14.3. The molecular weight excluding hydrogens is 344 g/mol. The van der Waals surface area contributed by atoms with E-state index < -0.39 is 25.4 Å². The summed E-state index contributed by atoms with van der Waals surface area (Å²) in [5, 5.41) is 42.7. The van der Waals surface area contributed by atoms with Gasteiger partial charge in [0.15, 0.2) is 0 Å². The second-order valence-electron chi connectivity index (χ2n) is 6.51. The van der Waals surface area contributed by atoms with Crippen molar-refractivity contribution in [2.24, 2.45) is 0 Å². The lowest BCUT2D eigenvalue weighted by Gasteiger charge is -2.27. The van der Waals surface area contributed by atoms with Gasteiger partial charge in [0.05, 0.1) is 25.4 Å². The highest BCUT2D eigenvalue weighted by Gasteiger charge is 2.44. The molecule has 0 radical (unpaired) electrons. The van der Waals surface area contributed by atoms with Gasteiger partial charge < -0.3 is 40.9 Å². The molecule has 0 spiro atoms. The van der Waals surface area contributed by atoms with Crippen molar-refractivity contribution < 1.29 is 30.0 Å². The van der Waals surface area contributed by atoms with Crippen LogP contribution in [0, 0.1) is 0 Å². The Bertz CT molecular complexity index is 597. The highest BCUT2D eigenvalue weighted by molar-refractivity contribution is 6.24. The molecule has 10 heteroatoms. The number of ketones is 2. The van der Waals surface area contributed by atoms with Gasteiger partial charge in [0.25, 0.3) is 0 Å². The molecule has 0 amide bonds. The van der Waals surface area contributed by atoms with Gasteiger partial charge in [-0.3, -0.25) is 9.59 Å². The lowest BCUT2D eigenvalue weighted by Crippen LogP contribution is -2.43. The molecule has 0 saturated carbocycles. The minimum Gasteiger partial charge on any atom is -0.394 e. The molecule has 144 valence electrons. The van der Waals surface area contributed by atoms with Crippen LogP contribution in [0.5, 0.6) is 0 Å². The lowest BCUT2D eigenvalue weighted by molar-refractivity contribution is -0.118. The Labute approximate surface area is 150 Å². The predicted molar refractivity (Wildman–Crippen MR) is 89.4 cm³/mol. The molecule has 2 fully saturated rings. The molecule has 0 bridgehead atoms. The van der Waals surface area contributed by atoms with Crippen LogP contribution in [0.25, 0.3) is 0 Å². The first-order valence-corrected chi connectivity index (χ1v) is 8.61. The number of carbonyl (C=O) groups is 2. The molecule has 0 aromatic heterocycles. The van der Waals surface area contributed by atoms with Crippen molar-refractivity contribution in [2.75, 3.05) is 52.5 Å². The number of rotatable bonds is 10. The maximum atomic E-state index is 13.0. The van der Waals surface area contributed by atoms with Gasteiger partial charge in [-0.05, 0) is 0 Å². The van der Waals surface area contributed by atoms with E-state index in [0.29, 0.717) is 26.2 Å². The third-order valence-electron chi connectivity index (χ3n) is 4.34. The molecule has 2 saturated heterocycles. The maximum absolute atomic E-state index is 13.0. The van der Waals surface area contributed by atoms with E-state index in [1.54, 1.807) is 9.80 Å². The number of aliphatic hydroxyl groups is 4. The average molecular weight is 368 g/mol. The van der Waals surface area contributed by atoms with E-state index in [1.165, 1.54) is 0 Å². The van der Waals surface area contributed by atoms with E-state index in [0.717, 1.165) is 0 Å². The Morgan fingerprint density at radius 3 is 1.38 bits per heavy atom. The topological polar surface area (TPSA) is 145 Å². The molecule has 26 heavy (non-hydrogen) atoms. The molecule has 2 heterocycles. The Morgan fingerprint density at radius 2 is 1.12 bits per heavy atom. The van der Waals surface area contributed by atoms with Crippen LogP contribution in [0.2, 0.25) is 0 Å². The van der Waals surface area contributed by atoms with E-state index in [4.69, 9.17) is 10.2 Å². The zero-order chi connectivity index (χ0) is 18.8. The fraction of sp³-hybridized carbons (Fsp3) is 0.625. The molecule has 0 aromatic rings. The number of aliphatic hydroxyl groups excluding tert-OH is 4. The van der Waals surface area contributed by atoms with Crippen LogP contribution in [0.4, 0.5) is 0 Å². The molecule has 2 aliphatic heterocycles. The normalized spacial score (nSPS) is 22.0. The molecule has 6 N–H and O–H groups in total. The van der Waals surface area contributed by atoms with Crippen LogP contribution >= 0.6 is 0 Å². The van der Waals surface area contributed by atoms with Crippen molar-refractivity contribution in [3.8, 4) is 0 Å². The maximum Gasteiger partial charge on any atom is 0.229 e. The van der Waals surface area contributed by atoms with E-state index >= 15 is 0 Å². The summed E-state index contributed by atoms with van der Waals surface area (Å²) in [4.78, 5) is 29.5. The number of nitrogens with one attached hydrogen (secondary N) is 2. The first-order valence-electron chi connectivity index (χ1n) is 8.61. The number of Topliss-reactive ketones (excluding diaryl/α,β-unsaturated/α-hetero) is 2. The summed E-state index contributed by atoms with van der Waals surface area (Å²) >= 11 is 0. The standard InChI is InChI=1S/C16H24N4O6/c21-7-9(23)5-17-11-13(19-1-2-19)15(25)12(18-6-10(24)8-22)14(16(11)26)20-3-4-20/h9-10,17-18,21-24H,1-8H2/t9-,10-/m1/s1. The Balaban J connectivity index is 1.89. The van der Waals surface area contributed by atoms with Crippen LogP contribution in [-0.4, -0.2) is 106 Å². The second-order valence-corrected chi connectivity index (χ2v) is 6.51. The summed E-state index contributed by atoms with van der Waals surface area (Å²) < 4.78 is 0. The second kappa shape index (κ2) is 7.62. The molecule has 3 aliphatic rings. The fourth-order valence-electron chi connectivity index (χ4n) is 2.73. The van der Waals surface area contributed by atoms with E-state index in [-0.39, 0.29) is 47.4 Å². The molecule has 10 nitrogen and oxygen atoms in total. The third-order valence-corrected chi connectivity index (χ3v) is 4.34. The van der Waals surface area contributed by atoms with Crippen LogP contribution in [0.3, 0.4) is 0 Å². The SMILES string of the molecule is O=C1C(NC[C@@H](O)CO)=C(N2CC2)C(=O)C(NC[C@@H](O)CO)=C1N1CC1. The van der Waals surface area contributed by atoms with Crippen LogP contribution in [0.1, 0.15) is 0 Å². The average Bonchev–Trinajstić information content (AvgIpc) is 3.52. The van der Waals surface area contributed by atoms with Gasteiger partial charge in [-0.15, -0.1) is 0 Å². The Morgan fingerprint density at radius 1 is 0.769 bits per heavy atom. The summed E-state index contributed by atoms with van der Waals surface area (Å²) in [6.45, 7) is 1.57. The molecule has 0 aromatic carbocycles. The smallest absolute Gasteiger partial charge is 0.229 e. The number of carbonyl (C=O) groups excluding carboxylic acids is 2. The predicted octanol–water partition coefficient (Wildman–Crippen LogP) is -3.92. The lowest BCUT2D eigenvalue weighted by atomic mass is 9.98. The van der Waals surface area contributed by atoms with Crippen molar-refractivity contribution >= 4 is 11.6 Å². The fourth-order valence-corrected chi connectivity index (χ4v) is 2.73. The van der Waals surface area contributed by atoms with Crippen LogP contribution in [-0.2, 0) is 9.59 Å². The van der Waals surface area contributed by atoms with Crippen LogP contribution < -0.4 is 10.6 Å². The van der Waals surface area contributed by atoms with Crippen molar-refractivity contribution in [1.82, 2.24) is 20.4 Å².